The summed E-state index contributed by atoms with van der Waals surface area (Å²) in [6, 6.07) is 1.85. The van der Waals surface area contributed by atoms with Gasteiger partial charge in [-0.1, -0.05) is 6.42 Å². The zero-order valence-corrected chi connectivity index (χ0v) is 8.15. The van der Waals surface area contributed by atoms with E-state index in [0.29, 0.717) is 18.7 Å². The number of nitrogens with two attached hydrogens (primary N) is 1. The molecule has 0 atom stereocenters. The second kappa shape index (κ2) is 3.95. The van der Waals surface area contributed by atoms with Gasteiger partial charge in [0.1, 0.15) is 0 Å². The molecule has 2 fully saturated rings. The van der Waals surface area contributed by atoms with Crippen LogP contribution in [-0.4, -0.2) is 41.3 Å². The first-order valence-electron chi connectivity index (χ1n) is 5.43. The number of aliphatic hydroxyl groups excluding tert-OH is 1. The van der Waals surface area contributed by atoms with Crippen LogP contribution in [0.1, 0.15) is 32.1 Å². The van der Waals surface area contributed by atoms with Crippen molar-refractivity contribution in [2.45, 2.75) is 50.2 Å². The summed E-state index contributed by atoms with van der Waals surface area (Å²) in [6.45, 7) is 1.14. The summed E-state index contributed by atoms with van der Waals surface area (Å²) in [5.41, 5.74) is 5.77. The van der Waals surface area contributed by atoms with Crippen LogP contribution in [-0.2, 0) is 0 Å². The van der Waals surface area contributed by atoms with Gasteiger partial charge in [-0.2, -0.15) is 0 Å². The maximum Gasteiger partial charge on any atom is 0.0558 e. The lowest BCUT2D eigenvalue weighted by atomic mass is 9.82. The Morgan fingerprint density at radius 3 is 2.31 bits per heavy atom. The Labute approximate surface area is 79.9 Å². The van der Waals surface area contributed by atoms with Gasteiger partial charge >= 0.3 is 0 Å². The van der Waals surface area contributed by atoms with Crippen molar-refractivity contribution in [2.75, 3.05) is 13.2 Å². The smallest absolute Gasteiger partial charge is 0.0558 e. The summed E-state index contributed by atoms with van der Waals surface area (Å²) >= 11 is 0. The molecule has 0 amide bonds. The van der Waals surface area contributed by atoms with Gasteiger partial charge in [0.05, 0.1) is 6.61 Å². The third-order valence-corrected chi connectivity index (χ3v) is 3.52. The quantitative estimate of drug-likeness (QED) is 0.661. The largest absolute Gasteiger partial charge is 0.395 e. The summed E-state index contributed by atoms with van der Waals surface area (Å²) in [4.78, 5) is 2.48. The van der Waals surface area contributed by atoms with Gasteiger partial charge in [0.15, 0.2) is 0 Å². The van der Waals surface area contributed by atoms with E-state index in [0.717, 1.165) is 25.4 Å². The van der Waals surface area contributed by atoms with Crippen LogP contribution in [0.2, 0.25) is 0 Å². The standard InChI is InChI=1S/C10H20N2O/c11-8-6-10(7-8)12(4-5-13)9-2-1-3-9/h8-10,13H,1-7,11H2. The fraction of sp³-hybridized carbons (Fsp3) is 1.00. The summed E-state index contributed by atoms with van der Waals surface area (Å²) < 4.78 is 0. The molecule has 0 aromatic rings. The minimum Gasteiger partial charge on any atom is -0.395 e. The molecule has 0 heterocycles. The predicted molar refractivity (Wildman–Crippen MR) is 52.4 cm³/mol. The molecule has 13 heavy (non-hydrogen) atoms. The van der Waals surface area contributed by atoms with Crippen molar-refractivity contribution < 1.29 is 5.11 Å². The summed E-state index contributed by atoms with van der Waals surface area (Å²) in [5.74, 6) is 0. The van der Waals surface area contributed by atoms with Gasteiger partial charge in [0.2, 0.25) is 0 Å². The highest BCUT2D eigenvalue weighted by atomic mass is 16.3. The van der Waals surface area contributed by atoms with Crippen molar-refractivity contribution in [3.8, 4) is 0 Å². The van der Waals surface area contributed by atoms with Crippen LogP contribution in [0.3, 0.4) is 0 Å². The Bertz CT molecular complexity index is 164. The summed E-state index contributed by atoms with van der Waals surface area (Å²) in [6.07, 6.45) is 6.29. The SMILES string of the molecule is NC1CC(N(CCO)C2CCC2)C1. The van der Waals surface area contributed by atoms with Gasteiger partial charge in [-0.25, -0.2) is 0 Å². The Morgan fingerprint density at radius 2 is 1.92 bits per heavy atom. The predicted octanol–water partition coefficient (Wildman–Crippen LogP) is 0.323. The maximum atomic E-state index is 8.97. The van der Waals surface area contributed by atoms with Crippen LogP contribution in [0, 0.1) is 0 Å². The van der Waals surface area contributed by atoms with Crippen LogP contribution in [0.4, 0.5) is 0 Å². The van der Waals surface area contributed by atoms with Crippen LogP contribution in [0.5, 0.6) is 0 Å². The molecule has 0 aliphatic heterocycles. The average Bonchev–Trinajstić information content (AvgIpc) is 1.94. The van der Waals surface area contributed by atoms with Crippen molar-refractivity contribution >= 4 is 0 Å². The van der Waals surface area contributed by atoms with Crippen LogP contribution >= 0.6 is 0 Å². The molecule has 2 rings (SSSR count). The molecule has 0 aromatic heterocycles. The van der Waals surface area contributed by atoms with Crippen LogP contribution < -0.4 is 5.73 Å². The van der Waals surface area contributed by atoms with Crippen molar-refractivity contribution in [3.05, 3.63) is 0 Å². The number of hydrogen-bond donors (Lipinski definition) is 2. The van der Waals surface area contributed by atoms with E-state index in [4.69, 9.17) is 10.8 Å². The lowest BCUT2D eigenvalue weighted by Crippen LogP contribution is -2.56. The van der Waals surface area contributed by atoms with E-state index in [2.05, 4.69) is 4.90 Å². The van der Waals surface area contributed by atoms with Crippen molar-refractivity contribution in [2.24, 2.45) is 5.73 Å². The molecule has 3 heteroatoms. The van der Waals surface area contributed by atoms with Gasteiger partial charge < -0.3 is 10.8 Å². The molecule has 3 N–H and O–H groups in total. The Kier molecular flexibility index (Phi) is 2.86. The fourth-order valence-electron chi connectivity index (χ4n) is 2.40. The average molecular weight is 184 g/mol. The zero-order valence-electron chi connectivity index (χ0n) is 8.15. The molecular weight excluding hydrogens is 164 g/mol. The van der Waals surface area contributed by atoms with E-state index >= 15 is 0 Å². The molecule has 2 saturated carbocycles. The summed E-state index contributed by atoms with van der Waals surface area (Å²) in [5, 5.41) is 8.97. The van der Waals surface area contributed by atoms with E-state index in [1.54, 1.807) is 0 Å². The van der Waals surface area contributed by atoms with Crippen molar-refractivity contribution in [1.29, 1.82) is 0 Å². The fourth-order valence-corrected chi connectivity index (χ4v) is 2.40. The second-order valence-electron chi connectivity index (χ2n) is 4.43. The molecule has 2 aliphatic carbocycles. The van der Waals surface area contributed by atoms with Crippen molar-refractivity contribution in [3.63, 3.8) is 0 Å². The number of nitrogens with zero attached hydrogens (tertiary/aromatic N) is 1. The highest BCUT2D eigenvalue weighted by molar-refractivity contribution is 4.94. The van der Waals surface area contributed by atoms with Gasteiger partial charge in [0.25, 0.3) is 0 Å². The third kappa shape index (κ3) is 1.87. The number of aliphatic hydroxyl groups is 1. The lowest BCUT2D eigenvalue weighted by molar-refractivity contribution is 0.0186. The normalized spacial score (nSPS) is 34.4. The molecule has 0 spiro atoms. The molecular formula is C10H20N2O. The van der Waals surface area contributed by atoms with Gasteiger partial charge in [0, 0.05) is 24.7 Å². The Hall–Kier alpha value is -0.120. The molecule has 0 saturated heterocycles. The Balaban J connectivity index is 1.82. The van der Waals surface area contributed by atoms with Gasteiger partial charge in [-0.15, -0.1) is 0 Å². The van der Waals surface area contributed by atoms with E-state index in [9.17, 15) is 0 Å². The third-order valence-electron chi connectivity index (χ3n) is 3.52. The van der Waals surface area contributed by atoms with Gasteiger partial charge in [-0.3, -0.25) is 4.90 Å². The molecule has 0 aromatic carbocycles. The number of rotatable bonds is 4. The zero-order chi connectivity index (χ0) is 9.26. The first-order valence-corrected chi connectivity index (χ1v) is 5.43. The first kappa shape index (κ1) is 9.44. The van der Waals surface area contributed by atoms with E-state index in [1.807, 2.05) is 0 Å². The highest BCUT2D eigenvalue weighted by Crippen LogP contribution is 2.32. The molecule has 0 bridgehead atoms. The first-order chi connectivity index (χ1) is 6.31. The molecule has 2 aliphatic rings. The minimum absolute atomic E-state index is 0.294. The van der Waals surface area contributed by atoms with E-state index in [-0.39, 0.29) is 0 Å². The lowest BCUT2D eigenvalue weighted by Gasteiger charge is -2.48. The van der Waals surface area contributed by atoms with E-state index in [1.165, 1.54) is 19.3 Å². The topological polar surface area (TPSA) is 49.5 Å². The van der Waals surface area contributed by atoms with E-state index < -0.39 is 0 Å². The number of hydrogen-bond acceptors (Lipinski definition) is 3. The highest BCUT2D eigenvalue weighted by Gasteiger charge is 2.36. The van der Waals surface area contributed by atoms with Crippen molar-refractivity contribution in [1.82, 2.24) is 4.90 Å². The monoisotopic (exact) mass is 184 g/mol. The maximum absolute atomic E-state index is 8.97. The molecule has 76 valence electrons. The molecule has 0 unspecified atom stereocenters. The second-order valence-corrected chi connectivity index (χ2v) is 4.43. The summed E-state index contributed by atoms with van der Waals surface area (Å²) in [7, 11) is 0. The molecule has 0 radical (unpaired) electrons. The Morgan fingerprint density at radius 1 is 1.23 bits per heavy atom. The van der Waals surface area contributed by atoms with Crippen LogP contribution in [0.25, 0.3) is 0 Å². The molecule has 3 nitrogen and oxygen atoms in total. The van der Waals surface area contributed by atoms with Crippen LogP contribution in [0.15, 0.2) is 0 Å². The minimum atomic E-state index is 0.294. The van der Waals surface area contributed by atoms with Gasteiger partial charge in [-0.05, 0) is 25.7 Å².